The second-order valence-corrected chi connectivity index (χ2v) is 5.71. The summed E-state index contributed by atoms with van der Waals surface area (Å²) < 4.78 is 0. The van der Waals surface area contributed by atoms with Crippen molar-refractivity contribution < 1.29 is 4.79 Å². The second kappa shape index (κ2) is 6.38. The highest BCUT2D eigenvalue weighted by Crippen LogP contribution is 2.18. The molecule has 5 heteroatoms. The van der Waals surface area contributed by atoms with Crippen molar-refractivity contribution in [2.75, 3.05) is 19.6 Å². The molecule has 2 rings (SSSR count). The molecule has 0 atom stereocenters. The SMILES string of the molecule is O=C(CNCc1cc(Cl)cs1)N1CCCCC1. The van der Waals surface area contributed by atoms with E-state index in [0.29, 0.717) is 6.54 Å². The fourth-order valence-electron chi connectivity index (χ4n) is 1.99. The molecule has 0 unspecified atom stereocenters. The van der Waals surface area contributed by atoms with Crippen molar-refractivity contribution in [2.24, 2.45) is 0 Å². The summed E-state index contributed by atoms with van der Waals surface area (Å²) in [5, 5.41) is 5.85. The molecule has 0 aromatic carbocycles. The van der Waals surface area contributed by atoms with E-state index in [9.17, 15) is 4.79 Å². The molecule has 1 amide bonds. The van der Waals surface area contributed by atoms with Crippen LogP contribution in [0.4, 0.5) is 0 Å². The predicted molar refractivity (Wildman–Crippen MR) is 71.5 cm³/mol. The maximum Gasteiger partial charge on any atom is 0.236 e. The number of rotatable bonds is 4. The lowest BCUT2D eigenvalue weighted by Crippen LogP contribution is -2.40. The van der Waals surface area contributed by atoms with Gasteiger partial charge in [-0.2, -0.15) is 0 Å². The largest absolute Gasteiger partial charge is 0.342 e. The van der Waals surface area contributed by atoms with Crippen molar-refractivity contribution in [3.05, 3.63) is 21.3 Å². The molecule has 0 radical (unpaired) electrons. The van der Waals surface area contributed by atoms with Gasteiger partial charge in [0.15, 0.2) is 0 Å². The Hall–Kier alpha value is -0.580. The van der Waals surface area contributed by atoms with Gasteiger partial charge in [0.25, 0.3) is 0 Å². The van der Waals surface area contributed by atoms with Gasteiger partial charge in [0.1, 0.15) is 0 Å². The average Bonchev–Trinajstić information content (AvgIpc) is 2.76. The van der Waals surface area contributed by atoms with Crippen molar-refractivity contribution in [3.8, 4) is 0 Å². The minimum atomic E-state index is 0.215. The van der Waals surface area contributed by atoms with E-state index in [1.54, 1.807) is 11.3 Å². The van der Waals surface area contributed by atoms with Crippen LogP contribution >= 0.6 is 22.9 Å². The fourth-order valence-corrected chi connectivity index (χ4v) is 3.04. The Kier molecular flexibility index (Phi) is 4.83. The van der Waals surface area contributed by atoms with Crippen LogP contribution in [0.3, 0.4) is 0 Å². The second-order valence-electron chi connectivity index (χ2n) is 4.28. The van der Waals surface area contributed by atoms with Gasteiger partial charge >= 0.3 is 0 Å². The topological polar surface area (TPSA) is 32.3 Å². The van der Waals surface area contributed by atoms with Gasteiger partial charge in [-0.3, -0.25) is 4.79 Å². The molecular weight excluding hydrogens is 256 g/mol. The van der Waals surface area contributed by atoms with Crippen molar-refractivity contribution in [1.82, 2.24) is 10.2 Å². The molecular formula is C12H17ClN2OS. The number of nitrogens with one attached hydrogen (secondary N) is 1. The Balaban J connectivity index is 1.69. The van der Waals surface area contributed by atoms with Gasteiger partial charge in [-0.05, 0) is 25.3 Å². The van der Waals surface area contributed by atoms with E-state index in [0.717, 1.165) is 37.5 Å². The van der Waals surface area contributed by atoms with Gasteiger partial charge in [-0.1, -0.05) is 11.6 Å². The number of likely N-dealkylation sites (tertiary alicyclic amines) is 1. The van der Waals surface area contributed by atoms with Crippen LogP contribution in [0.25, 0.3) is 0 Å². The Bertz CT molecular complexity index is 374. The Morgan fingerprint density at radius 3 is 2.82 bits per heavy atom. The number of nitrogens with zero attached hydrogens (tertiary/aromatic N) is 1. The summed E-state index contributed by atoms with van der Waals surface area (Å²) in [6.45, 7) is 2.99. The number of hydrogen-bond acceptors (Lipinski definition) is 3. The molecule has 1 N–H and O–H groups in total. The van der Waals surface area contributed by atoms with Crippen LogP contribution in [0.5, 0.6) is 0 Å². The molecule has 1 aliphatic heterocycles. The molecule has 0 spiro atoms. The number of halogens is 1. The molecule has 1 aromatic heterocycles. The van der Waals surface area contributed by atoms with Crippen LogP contribution < -0.4 is 5.32 Å². The van der Waals surface area contributed by atoms with Crippen molar-refractivity contribution in [2.45, 2.75) is 25.8 Å². The molecule has 3 nitrogen and oxygen atoms in total. The summed E-state index contributed by atoms with van der Waals surface area (Å²) in [5.74, 6) is 0.215. The number of piperidine rings is 1. The summed E-state index contributed by atoms with van der Waals surface area (Å²) in [4.78, 5) is 15.0. The van der Waals surface area contributed by atoms with Crippen LogP contribution in [-0.4, -0.2) is 30.4 Å². The fraction of sp³-hybridized carbons (Fsp3) is 0.583. The zero-order valence-corrected chi connectivity index (χ0v) is 11.3. The lowest BCUT2D eigenvalue weighted by atomic mass is 10.1. The molecule has 1 aromatic rings. The standard InChI is InChI=1S/C12H17ClN2OS/c13-10-6-11(17-9-10)7-14-8-12(16)15-4-2-1-3-5-15/h6,9,14H,1-5,7-8H2. The number of carbonyl (C=O) groups is 1. The zero-order chi connectivity index (χ0) is 12.1. The molecule has 1 fully saturated rings. The molecule has 0 saturated carbocycles. The number of thiophene rings is 1. The van der Waals surface area contributed by atoms with Crippen LogP contribution in [0.15, 0.2) is 11.4 Å². The summed E-state index contributed by atoms with van der Waals surface area (Å²) in [5.41, 5.74) is 0. The van der Waals surface area contributed by atoms with E-state index >= 15 is 0 Å². The van der Waals surface area contributed by atoms with Crippen molar-refractivity contribution >= 4 is 28.8 Å². The van der Waals surface area contributed by atoms with E-state index in [-0.39, 0.29) is 5.91 Å². The maximum atomic E-state index is 11.8. The van der Waals surface area contributed by atoms with E-state index in [1.165, 1.54) is 11.3 Å². The molecule has 1 saturated heterocycles. The maximum absolute atomic E-state index is 11.8. The molecule has 1 aliphatic rings. The molecule has 0 bridgehead atoms. The third-order valence-corrected chi connectivity index (χ3v) is 4.19. The first-order chi connectivity index (χ1) is 8.25. The lowest BCUT2D eigenvalue weighted by Gasteiger charge is -2.26. The highest BCUT2D eigenvalue weighted by Gasteiger charge is 2.15. The molecule has 2 heterocycles. The van der Waals surface area contributed by atoms with Crippen molar-refractivity contribution in [1.29, 1.82) is 0 Å². The van der Waals surface area contributed by atoms with Gasteiger partial charge < -0.3 is 10.2 Å². The van der Waals surface area contributed by atoms with Crippen LogP contribution in [-0.2, 0) is 11.3 Å². The average molecular weight is 273 g/mol. The van der Waals surface area contributed by atoms with Crippen molar-refractivity contribution in [3.63, 3.8) is 0 Å². The smallest absolute Gasteiger partial charge is 0.236 e. The third-order valence-electron chi connectivity index (χ3n) is 2.91. The lowest BCUT2D eigenvalue weighted by molar-refractivity contribution is -0.131. The van der Waals surface area contributed by atoms with E-state index in [2.05, 4.69) is 5.32 Å². The summed E-state index contributed by atoms with van der Waals surface area (Å²) in [6.07, 6.45) is 3.55. The number of hydrogen-bond donors (Lipinski definition) is 1. The minimum absolute atomic E-state index is 0.215. The predicted octanol–water partition coefficient (Wildman–Crippen LogP) is 2.50. The Labute approximate surface area is 111 Å². The molecule has 0 aliphatic carbocycles. The molecule has 94 valence electrons. The van der Waals surface area contributed by atoms with E-state index in [1.807, 2.05) is 16.3 Å². The quantitative estimate of drug-likeness (QED) is 0.913. The van der Waals surface area contributed by atoms with Crippen LogP contribution in [0.2, 0.25) is 5.02 Å². The van der Waals surface area contributed by atoms with Crippen LogP contribution in [0.1, 0.15) is 24.1 Å². The number of amides is 1. The highest BCUT2D eigenvalue weighted by atomic mass is 35.5. The van der Waals surface area contributed by atoms with E-state index in [4.69, 9.17) is 11.6 Å². The minimum Gasteiger partial charge on any atom is -0.342 e. The normalized spacial score (nSPS) is 16.2. The summed E-state index contributed by atoms with van der Waals surface area (Å²) in [6, 6.07) is 1.94. The van der Waals surface area contributed by atoms with Gasteiger partial charge in [-0.15, -0.1) is 11.3 Å². The van der Waals surface area contributed by atoms with Crippen LogP contribution in [0, 0.1) is 0 Å². The summed E-state index contributed by atoms with van der Waals surface area (Å²) in [7, 11) is 0. The monoisotopic (exact) mass is 272 g/mol. The van der Waals surface area contributed by atoms with E-state index < -0.39 is 0 Å². The Morgan fingerprint density at radius 2 is 2.18 bits per heavy atom. The highest BCUT2D eigenvalue weighted by molar-refractivity contribution is 7.10. The summed E-state index contributed by atoms with van der Waals surface area (Å²) >= 11 is 7.45. The van der Waals surface area contributed by atoms with Gasteiger partial charge in [0.2, 0.25) is 5.91 Å². The first-order valence-corrected chi connectivity index (χ1v) is 7.23. The van der Waals surface area contributed by atoms with Gasteiger partial charge in [-0.25, -0.2) is 0 Å². The Morgan fingerprint density at radius 1 is 1.41 bits per heavy atom. The van der Waals surface area contributed by atoms with Gasteiger partial charge in [0.05, 0.1) is 11.6 Å². The first kappa shape index (κ1) is 12.9. The third kappa shape index (κ3) is 3.98. The first-order valence-electron chi connectivity index (χ1n) is 5.97. The number of carbonyl (C=O) groups excluding carboxylic acids is 1. The zero-order valence-electron chi connectivity index (χ0n) is 9.75. The van der Waals surface area contributed by atoms with Gasteiger partial charge in [0, 0.05) is 29.9 Å². The molecule has 17 heavy (non-hydrogen) atoms.